The standard InChI is InChI=1S/C4H4Cl2O2/c1-2-3(5)8-4(6)7/h2-3H,1H2. The van der Waals surface area contributed by atoms with E-state index in [9.17, 15) is 4.79 Å². The third-order valence-electron chi connectivity index (χ3n) is 0.391. The van der Waals surface area contributed by atoms with E-state index in [0.717, 1.165) is 0 Å². The second kappa shape index (κ2) is 3.75. The number of hydrogen-bond donors (Lipinski definition) is 0. The van der Waals surface area contributed by atoms with Crippen LogP contribution in [-0.2, 0) is 4.74 Å². The monoisotopic (exact) mass is 154 g/mol. The zero-order chi connectivity index (χ0) is 6.57. The average molecular weight is 155 g/mol. The largest absolute Gasteiger partial charge is 0.430 e. The molecule has 0 aliphatic heterocycles. The van der Waals surface area contributed by atoms with Crippen LogP contribution >= 0.6 is 23.2 Å². The predicted molar refractivity (Wildman–Crippen MR) is 32.2 cm³/mol. The molecule has 0 spiro atoms. The fourth-order valence-electron chi connectivity index (χ4n) is 0.137. The number of alkyl halides is 1. The minimum atomic E-state index is -0.926. The van der Waals surface area contributed by atoms with E-state index in [1.165, 1.54) is 6.08 Å². The van der Waals surface area contributed by atoms with E-state index in [4.69, 9.17) is 23.2 Å². The Morgan fingerprint density at radius 1 is 1.88 bits per heavy atom. The predicted octanol–water partition coefficient (Wildman–Crippen LogP) is 2.11. The van der Waals surface area contributed by atoms with Gasteiger partial charge in [0.15, 0.2) is 5.56 Å². The van der Waals surface area contributed by atoms with Crippen LogP contribution in [-0.4, -0.2) is 11.0 Å². The summed E-state index contributed by atoms with van der Waals surface area (Å²) in [5.74, 6) is 0. The summed E-state index contributed by atoms with van der Waals surface area (Å²) >= 11 is 9.97. The van der Waals surface area contributed by atoms with Gasteiger partial charge < -0.3 is 4.74 Å². The molecule has 0 N–H and O–H groups in total. The van der Waals surface area contributed by atoms with Crippen molar-refractivity contribution in [1.82, 2.24) is 0 Å². The highest BCUT2D eigenvalue weighted by atomic mass is 35.5. The van der Waals surface area contributed by atoms with Crippen molar-refractivity contribution in [3.8, 4) is 0 Å². The maximum Gasteiger partial charge on any atom is 0.405 e. The van der Waals surface area contributed by atoms with Gasteiger partial charge in [-0.25, -0.2) is 4.79 Å². The van der Waals surface area contributed by atoms with Crippen molar-refractivity contribution in [3.63, 3.8) is 0 Å². The summed E-state index contributed by atoms with van der Waals surface area (Å²) in [7, 11) is 0. The van der Waals surface area contributed by atoms with Gasteiger partial charge >= 0.3 is 5.43 Å². The first-order valence-electron chi connectivity index (χ1n) is 1.79. The Bertz CT molecular complexity index is 102. The molecule has 0 rings (SSSR count). The van der Waals surface area contributed by atoms with Crippen LogP contribution in [0.15, 0.2) is 12.7 Å². The molecule has 0 amide bonds. The molecule has 2 nitrogen and oxygen atoms in total. The fourth-order valence-corrected chi connectivity index (χ4v) is 0.359. The van der Waals surface area contributed by atoms with E-state index in [1.54, 1.807) is 0 Å². The highest BCUT2D eigenvalue weighted by Gasteiger charge is 2.01. The molecule has 1 unspecified atom stereocenters. The smallest absolute Gasteiger partial charge is 0.405 e. The molecular weight excluding hydrogens is 151 g/mol. The summed E-state index contributed by atoms with van der Waals surface area (Å²) < 4.78 is 4.17. The highest BCUT2D eigenvalue weighted by Crippen LogP contribution is 2.01. The van der Waals surface area contributed by atoms with Gasteiger partial charge in [0.25, 0.3) is 0 Å². The maximum atomic E-state index is 9.82. The van der Waals surface area contributed by atoms with Gasteiger partial charge in [0, 0.05) is 11.6 Å². The second-order valence-electron chi connectivity index (χ2n) is 0.942. The quantitative estimate of drug-likeness (QED) is 0.346. The topological polar surface area (TPSA) is 26.3 Å². The molecule has 0 aliphatic rings. The molecule has 0 aliphatic carbocycles. The Hall–Kier alpha value is -0.210. The van der Waals surface area contributed by atoms with Gasteiger partial charge in [-0.3, -0.25) is 0 Å². The molecule has 0 aromatic heterocycles. The van der Waals surface area contributed by atoms with Crippen LogP contribution in [0.25, 0.3) is 0 Å². The average Bonchev–Trinajstić information content (AvgIpc) is 1.65. The fraction of sp³-hybridized carbons (Fsp3) is 0.250. The molecule has 0 bridgehead atoms. The Morgan fingerprint density at radius 3 is 2.50 bits per heavy atom. The Morgan fingerprint density at radius 2 is 2.38 bits per heavy atom. The lowest BCUT2D eigenvalue weighted by Crippen LogP contribution is -2.01. The summed E-state index contributed by atoms with van der Waals surface area (Å²) in [6, 6.07) is 0. The van der Waals surface area contributed by atoms with Crippen LogP contribution in [0, 0.1) is 0 Å². The van der Waals surface area contributed by atoms with Crippen LogP contribution in [0.3, 0.4) is 0 Å². The van der Waals surface area contributed by atoms with Crippen molar-refractivity contribution in [2.45, 2.75) is 5.56 Å². The van der Waals surface area contributed by atoms with Gasteiger partial charge in [-0.1, -0.05) is 18.2 Å². The van der Waals surface area contributed by atoms with Gasteiger partial charge in [0.1, 0.15) is 0 Å². The van der Waals surface area contributed by atoms with E-state index in [2.05, 4.69) is 11.3 Å². The lowest BCUT2D eigenvalue weighted by Gasteiger charge is -1.99. The molecule has 1 atom stereocenters. The Kier molecular flexibility index (Phi) is 3.65. The molecule has 0 aromatic rings. The van der Waals surface area contributed by atoms with Gasteiger partial charge in [-0.2, -0.15) is 0 Å². The number of ether oxygens (including phenoxy) is 1. The maximum absolute atomic E-state index is 9.82. The highest BCUT2D eigenvalue weighted by molar-refractivity contribution is 6.61. The lowest BCUT2D eigenvalue weighted by atomic mass is 10.7. The molecule has 0 saturated heterocycles. The molecule has 0 aromatic carbocycles. The third kappa shape index (κ3) is 3.96. The number of hydrogen-bond acceptors (Lipinski definition) is 2. The van der Waals surface area contributed by atoms with E-state index in [-0.39, 0.29) is 0 Å². The summed E-state index contributed by atoms with van der Waals surface area (Å²) in [6.07, 6.45) is 1.25. The van der Waals surface area contributed by atoms with Crippen LogP contribution in [0.5, 0.6) is 0 Å². The van der Waals surface area contributed by atoms with E-state index >= 15 is 0 Å². The molecule has 0 heterocycles. The number of carbonyl (C=O) groups excluding carboxylic acids is 1. The zero-order valence-corrected chi connectivity index (χ0v) is 5.45. The van der Waals surface area contributed by atoms with Gasteiger partial charge in [0.05, 0.1) is 0 Å². The normalized spacial score (nSPS) is 12.2. The van der Waals surface area contributed by atoms with E-state index < -0.39 is 11.0 Å². The van der Waals surface area contributed by atoms with Crippen molar-refractivity contribution >= 4 is 28.6 Å². The molecule has 8 heavy (non-hydrogen) atoms. The third-order valence-corrected chi connectivity index (χ3v) is 0.747. The summed E-state index contributed by atoms with van der Waals surface area (Å²) in [5.41, 5.74) is -1.75. The van der Waals surface area contributed by atoms with E-state index in [0.29, 0.717) is 0 Å². The van der Waals surface area contributed by atoms with Crippen molar-refractivity contribution in [1.29, 1.82) is 0 Å². The van der Waals surface area contributed by atoms with Crippen LogP contribution in [0.4, 0.5) is 4.79 Å². The van der Waals surface area contributed by atoms with E-state index in [1.807, 2.05) is 0 Å². The molecule has 0 radical (unpaired) electrons. The summed E-state index contributed by atoms with van der Waals surface area (Å²) in [6.45, 7) is 3.25. The van der Waals surface area contributed by atoms with Crippen molar-refractivity contribution in [3.05, 3.63) is 12.7 Å². The zero-order valence-electron chi connectivity index (χ0n) is 3.93. The second-order valence-corrected chi connectivity index (χ2v) is 1.68. The minimum absolute atomic E-state index is 0.819. The van der Waals surface area contributed by atoms with Gasteiger partial charge in [-0.15, -0.1) is 0 Å². The Balaban J connectivity index is 3.38. The molecule has 46 valence electrons. The first-order valence-corrected chi connectivity index (χ1v) is 2.61. The van der Waals surface area contributed by atoms with Crippen molar-refractivity contribution in [2.24, 2.45) is 0 Å². The first kappa shape index (κ1) is 7.79. The number of rotatable bonds is 2. The van der Waals surface area contributed by atoms with Crippen LogP contribution < -0.4 is 0 Å². The molecular formula is C4H4Cl2O2. The SMILES string of the molecule is C=CC(Cl)OC(=O)Cl. The van der Waals surface area contributed by atoms with Crippen LogP contribution in [0.2, 0.25) is 0 Å². The number of carbonyl (C=O) groups is 1. The van der Waals surface area contributed by atoms with Crippen molar-refractivity contribution < 1.29 is 9.53 Å². The molecule has 4 heteroatoms. The first-order chi connectivity index (χ1) is 3.66. The number of halogens is 2. The minimum Gasteiger partial charge on any atom is -0.430 e. The van der Waals surface area contributed by atoms with Crippen molar-refractivity contribution in [2.75, 3.05) is 0 Å². The van der Waals surface area contributed by atoms with Crippen LogP contribution in [0.1, 0.15) is 0 Å². The molecule has 0 saturated carbocycles. The van der Waals surface area contributed by atoms with Gasteiger partial charge in [-0.05, 0) is 6.08 Å². The lowest BCUT2D eigenvalue weighted by molar-refractivity contribution is 0.174. The van der Waals surface area contributed by atoms with Gasteiger partial charge in [0.2, 0.25) is 0 Å². The summed E-state index contributed by atoms with van der Waals surface area (Å²) in [4.78, 5) is 9.82. The Labute approximate surface area is 57.0 Å². The molecule has 0 fully saturated rings. The summed E-state index contributed by atoms with van der Waals surface area (Å²) in [5, 5.41) is 0.